The molecule has 184 valence electrons. The SMILES string of the molecule is CC(C)c1nc2c(c3c1C(c1ccc(C(F)(F)F)cc1)OC31CCOCC1)C(O)CC(C)(C)C2. The van der Waals surface area contributed by atoms with E-state index in [-0.39, 0.29) is 11.3 Å². The van der Waals surface area contributed by atoms with Gasteiger partial charge in [0.25, 0.3) is 0 Å². The van der Waals surface area contributed by atoms with Crippen LogP contribution in [0.25, 0.3) is 0 Å². The van der Waals surface area contributed by atoms with E-state index in [1.165, 1.54) is 12.1 Å². The summed E-state index contributed by atoms with van der Waals surface area (Å²) in [6.07, 6.45) is -2.90. The van der Waals surface area contributed by atoms with Crippen LogP contribution < -0.4 is 0 Å². The number of fused-ring (bicyclic) bond motifs is 4. The van der Waals surface area contributed by atoms with E-state index in [4.69, 9.17) is 14.5 Å². The van der Waals surface area contributed by atoms with Crippen molar-refractivity contribution in [2.24, 2.45) is 5.41 Å². The van der Waals surface area contributed by atoms with E-state index in [9.17, 15) is 18.3 Å². The van der Waals surface area contributed by atoms with Crippen molar-refractivity contribution in [3.63, 3.8) is 0 Å². The number of aliphatic hydroxyl groups is 1. The molecular formula is C27H32F3NO3. The van der Waals surface area contributed by atoms with Gasteiger partial charge in [0, 0.05) is 48.6 Å². The molecule has 0 radical (unpaired) electrons. The number of ether oxygens (including phenoxy) is 2. The average Bonchev–Trinajstić information content (AvgIpc) is 3.06. The first-order chi connectivity index (χ1) is 15.9. The third kappa shape index (κ3) is 3.86. The van der Waals surface area contributed by atoms with Crippen molar-refractivity contribution < 1.29 is 27.8 Å². The highest BCUT2D eigenvalue weighted by molar-refractivity contribution is 5.54. The molecule has 34 heavy (non-hydrogen) atoms. The minimum atomic E-state index is -4.39. The van der Waals surface area contributed by atoms with E-state index >= 15 is 0 Å². The number of benzene rings is 1. The number of halogens is 3. The number of rotatable bonds is 2. The summed E-state index contributed by atoms with van der Waals surface area (Å²) in [5.41, 5.74) is 3.92. The maximum absolute atomic E-state index is 13.2. The Labute approximate surface area is 198 Å². The van der Waals surface area contributed by atoms with Crippen LogP contribution in [0.4, 0.5) is 13.2 Å². The second-order valence-electron chi connectivity index (χ2n) is 11.1. The van der Waals surface area contributed by atoms with E-state index < -0.39 is 29.5 Å². The largest absolute Gasteiger partial charge is 0.416 e. The highest BCUT2D eigenvalue weighted by Crippen LogP contribution is 2.57. The van der Waals surface area contributed by atoms with Gasteiger partial charge in [0.2, 0.25) is 0 Å². The van der Waals surface area contributed by atoms with E-state index in [0.29, 0.717) is 38.0 Å². The van der Waals surface area contributed by atoms with Gasteiger partial charge in [0.1, 0.15) is 6.10 Å². The van der Waals surface area contributed by atoms with Gasteiger partial charge in [-0.05, 0) is 47.4 Å². The molecule has 2 aliphatic heterocycles. The minimum absolute atomic E-state index is 0.0724. The first kappa shape index (κ1) is 23.8. The topological polar surface area (TPSA) is 51.6 Å². The van der Waals surface area contributed by atoms with Crippen LogP contribution in [0.3, 0.4) is 0 Å². The molecule has 2 unspecified atom stereocenters. The van der Waals surface area contributed by atoms with Crippen LogP contribution in [0.15, 0.2) is 24.3 Å². The summed E-state index contributed by atoms with van der Waals surface area (Å²) in [6.45, 7) is 9.53. The monoisotopic (exact) mass is 475 g/mol. The smallest absolute Gasteiger partial charge is 0.388 e. The molecule has 4 nitrogen and oxygen atoms in total. The molecule has 2 atom stereocenters. The predicted molar refractivity (Wildman–Crippen MR) is 121 cm³/mol. The van der Waals surface area contributed by atoms with E-state index in [2.05, 4.69) is 27.7 Å². The number of alkyl halides is 3. The maximum Gasteiger partial charge on any atom is 0.416 e. The van der Waals surface area contributed by atoms with Crippen LogP contribution in [-0.2, 0) is 27.7 Å². The molecule has 1 spiro atoms. The molecule has 0 amide bonds. The standard InChI is InChI=1S/C27H32F3NO3/c1-15(2)23-21-22(20-18(31-23)13-25(3,4)14-19(20)32)26(9-11-33-12-10-26)34-24(21)16-5-7-17(8-6-16)27(28,29)30/h5-8,15,19,24,32H,9-14H2,1-4H3. The van der Waals surface area contributed by atoms with Crippen molar-refractivity contribution in [1.82, 2.24) is 4.98 Å². The fraction of sp³-hybridized carbons (Fsp3) is 0.593. The first-order valence-electron chi connectivity index (χ1n) is 12.1. The minimum Gasteiger partial charge on any atom is -0.388 e. The van der Waals surface area contributed by atoms with Gasteiger partial charge >= 0.3 is 6.18 Å². The summed E-state index contributed by atoms with van der Waals surface area (Å²) in [5, 5.41) is 11.3. The molecule has 1 saturated heterocycles. The predicted octanol–water partition coefficient (Wildman–Crippen LogP) is 6.35. The van der Waals surface area contributed by atoms with Crippen molar-refractivity contribution in [1.29, 1.82) is 0 Å². The Morgan fingerprint density at radius 2 is 1.71 bits per heavy atom. The summed E-state index contributed by atoms with van der Waals surface area (Å²) < 4.78 is 52.1. The van der Waals surface area contributed by atoms with Gasteiger partial charge in [0.15, 0.2) is 0 Å². The molecule has 0 bridgehead atoms. The molecular weight excluding hydrogens is 443 g/mol. The summed E-state index contributed by atoms with van der Waals surface area (Å²) in [7, 11) is 0. The Morgan fingerprint density at radius 1 is 1.06 bits per heavy atom. The Hall–Kier alpha value is -1.96. The van der Waals surface area contributed by atoms with Crippen LogP contribution in [0, 0.1) is 5.41 Å². The van der Waals surface area contributed by atoms with E-state index in [1.807, 2.05) is 0 Å². The Balaban J connectivity index is 1.74. The van der Waals surface area contributed by atoms with E-state index in [0.717, 1.165) is 46.6 Å². The number of aromatic nitrogens is 1. The maximum atomic E-state index is 13.2. The molecule has 7 heteroatoms. The van der Waals surface area contributed by atoms with Gasteiger partial charge in [0.05, 0.1) is 17.3 Å². The zero-order valence-electron chi connectivity index (χ0n) is 20.1. The third-order valence-corrected chi connectivity index (χ3v) is 7.56. The molecule has 1 fully saturated rings. The zero-order chi connectivity index (χ0) is 24.5. The number of hydrogen-bond donors (Lipinski definition) is 1. The lowest BCUT2D eigenvalue weighted by atomic mass is 9.70. The second-order valence-corrected chi connectivity index (χ2v) is 11.1. The summed E-state index contributed by atoms with van der Waals surface area (Å²) in [5.74, 6) is 0.0942. The normalized spacial score (nSPS) is 25.4. The van der Waals surface area contributed by atoms with Crippen molar-refractivity contribution >= 4 is 0 Å². The Morgan fingerprint density at radius 3 is 2.29 bits per heavy atom. The quantitative estimate of drug-likeness (QED) is 0.550. The number of hydrogen-bond acceptors (Lipinski definition) is 4. The lowest BCUT2D eigenvalue weighted by Crippen LogP contribution is -2.37. The molecule has 3 aliphatic rings. The Kier molecular flexibility index (Phi) is 5.62. The third-order valence-electron chi connectivity index (χ3n) is 7.56. The summed E-state index contributed by atoms with van der Waals surface area (Å²) >= 11 is 0. The van der Waals surface area contributed by atoms with E-state index in [1.54, 1.807) is 0 Å². The van der Waals surface area contributed by atoms with Gasteiger partial charge < -0.3 is 14.6 Å². The molecule has 1 aromatic heterocycles. The van der Waals surface area contributed by atoms with Crippen molar-refractivity contribution in [2.75, 3.05) is 13.2 Å². The van der Waals surface area contributed by atoms with Crippen LogP contribution >= 0.6 is 0 Å². The summed E-state index contributed by atoms with van der Waals surface area (Å²) in [4.78, 5) is 5.09. The van der Waals surface area contributed by atoms with Crippen LogP contribution in [-0.4, -0.2) is 23.3 Å². The van der Waals surface area contributed by atoms with Crippen molar-refractivity contribution in [2.45, 2.75) is 83.3 Å². The first-order valence-corrected chi connectivity index (χ1v) is 12.1. The lowest BCUT2D eigenvalue weighted by molar-refractivity contribution is -0.137. The second kappa shape index (κ2) is 8.04. The highest BCUT2D eigenvalue weighted by atomic mass is 19.4. The highest BCUT2D eigenvalue weighted by Gasteiger charge is 2.52. The van der Waals surface area contributed by atoms with Crippen LogP contribution in [0.5, 0.6) is 0 Å². The van der Waals surface area contributed by atoms with Gasteiger partial charge in [-0.1, -0.05) is 39.8 Å². The molecule has 3 heterocycles. The van der Waals surface area contributed by atoms with Crippen molar-refractivity contribution in [3.8, 4) is 0 Å². The van der Waals surface area contributed by atoms with Gasteiger partial charge in [-0.15, -0.1) is 0 Å². The van der Waals surface area contributed by atoms with Gasteiger partial charge in [-0.25, -0.2) is 0 Å². The zero-order valence-corrected chi connectivity index (χ0v) is 20.1. The number of aliphatic hydroxyl groups excluding tert-OH is 1. The summed E-state index contributed by atoms with van der Waals surface area (Å²) in [6, 6.07) is 5.26. The molecule has 1 aliphatic carbocycles. The van der Waals surface area contributed by atoms with Crippen LogP contribution in [0.1, 0.15) is 104 Å². The molecule has 2 aromatic rings. The van der Waals surface area contributed by atoms with Gasteiger partial charge in [-0.2, -0.15) is 13.2 Å². The molecule has 1 aromatic carbocycles. The molecule has 5 rings (SSSR count). The fourth-order valence-electron chi connectivity index (χ4n) is 6.02. The number of nitrogens with zero attached hydrogens (tertiary/aromatic N) is 1. The number of pyridine rings is 1. The lowest BCUT2D eigenvalue weighted by Gasteiger charge is -2.40. The Bertz CT molecular complexity index is 1090. The van der Waals surface area contributed by atoms with Gasteiger partial charge in [-0.3, -0.25) is 4.98 Å². The molecule has 0 saturated carbocycles. The van der Waals surface area contributed by atoms with Crippen LogP contribution in [0.2, 0.25) is 0 Å². The van der Waals surface area contributed by atoms with Crippen molar-refractivity contribution in [3.05, 3.63) is 63.5 Å². The molecule has 1 N–H and O–H groups in total. The fourth-order valence-corrected chi connectivity index (χ4v) is 6.02. The average molecular weight is 476 g/mol.